The molecular formula is C8H9Br2NO. The van der Waals surface area contributed by atoms with E-state index in [9.17, 15) is 5.11 Å². The highest BCUT2D eigenvalue weighted by Gasteiger charge is 2.04. The van der Waals surface area contributed by atoms with Crippen LogP contribution in [0.4, 0.5) is 0 Å². The number of hydrogen-bond acceptors (Lipinski definition) is 2. The van der Waals surface area contributed by atoms with E-state index in [4.69, 9.17) is 5.73 Å². The molecule has 0 bridgehead atoms. The minimum Gasteiger partial charge on any atom is -0.506 e. The fourth-order valence-corrected chi connectivity index (χ4v) is 2.21. The van der Waals surface area contributed by atoms with Crippen molar-refractivity contribution < 1.29 is 5.11 Å². The molecule has 0 saturated carbocycles. The molecule has 0 unspecified atom stereocenters. The predicted molar refractivity (Wildman–Crippen MR) is 56.3 cm³/mol. The van der Waals surface area contributed by atoms with Gasteiger partial charge in [-0.1, -0.05) is 0 Å². The van der Waals surface area contributed by atoms with Crippen LogP contribution < -0.4 is 5.73 Å². The summed E-state index contributed by atoms with van der Waals surface area (Å²) in [6.07, 6.45) is 0.817. The van der Waals surface area contributed by atoms with Gasteiger partial charge in [-0.3, -0.25) is 0 Å². The molecule has 0 amide bonds. The Balaban J connectivity index is 3.04. The highest BCUT2D eigenvalue weighted by Crippen LogP contribution is 2.33. The van der Waals surface area contributed by atoms with Crippen molar-refractivity contribution in [2.75, 3.05) is 6.54 Å². The van der Waals surface area contributed by atoms with Crippen LogP contribution in [-0.4, -0.2) is 11.7 Å². The first kappa shape index (κ1) is 10.0. The van der Waals surface area contributed by atoms with Gasteiger partial charge in [0.05, 0.1) is 8.95 Å². The maximum absolute atomic E-state index is 9.37. The smallest absolute Gasteiger partial charge is 0.143 e. The Hall–Kier alpha value is -0.0600. The van der Waals surface area contributed by atoms with Crippen LogP contribution in [0.25, 0.3) is 0 Å². The number of halogens is 2. The lowest BCUT2D eigenvalue weighted by molar-refractivity contribution is 0.468. The Morgan fingerprint density at radius 3 is 2.17 bits per heavy atom. The fraction of sp³-hybridized carbons (Fsp3) is 0.250. The molecule has 0 fully saturated rings. The van der Waals surface area contributed by atoms with E-state index in [0.29, 0.717) is 15.5 Å². The van der Waals surface area contributed by atoms with E-state index in [1.165, 1.54) is 0 Å². The first-order valence-electron chi connectivity index (χ1n) is 3.52. The summed E-state index contributed by atoms with van der Waals surface area (Å²) in [4.78, 5) is 0. The standard InChI is InChI=1S/C8H9Br2NO/c9-6-3-5(1-2-11)4-7(10)8(6)12/h3-4,12H,1-2,11H2. The van der Waals surface area contributed by atoms with Gasteiger partial charge in [-0.25, -0.2) is 0 Å². The summed E-state index contributed by atoms with van der Waals surface area (Å²) >= 11 is 6.49. The highest BCUT2D eigenvalue weighted by molar-refractivity contribution is 9.11. The zero-order chi connectivity index (χ0) is 9.14. The molecule has 2 nitrogen and oxygen atoms in total. The number of hydrogen-bond donors (Lipinski definition) is 2. The van der Waals surface area contributed by atoms with Gasteiger partial charge >= 0.3 is 0 Å². The third-order valence-corrected chi connectivity index (χ3v) is 2.72. The van der Waals surface area contributed by atoms with Gasteiger partial charge in [0.15, 0.2) is 0 Å². The van der Waals surface area contributed by atoms with Crippen molar-refractivity contribution in [3.63, 3.8) is 0 Å². The highest BCUT2D eigenvalue weighted by atomic mass is 79.9. The molecule has 0 aliphatic rings. The molecule has 4 heteroatoms. The molecule has 1 rings (SSSR count). The van der Waals surface area contributed by atoms with E-state index >= 15 is 0 Å². The molecule has 0 atom stereocenters. The van der Waals surface area contributed by atoms with Crippen LogP contribution in [0.5, 0.6) is 5.75 Å². The van der Waals surface area contributed by atoms with E-state index in [-0.39, 0.29) is 5.75 Å². The van der Waals surface area contributed by atoms with Crippen molar-refractivity contribution in [2.24, 2.45) is 5.73 Å². The first-order valence-corrected chi connectivity index (χ1v) is 5.10. The van der Waals surface area contributed by atoms with E-state index in [0.717, 1.165) is 12.0 Å². The summed E-state index contributed by atoms with van der Waals surface area (Å²) < 4.78 is 1.39. The summed E-state index contributed by atoms with van der Waals surface area (Å²) in [5.74, 6) is 0.232. The van der Waals surface area contributed by atoms with Gasteiger partial charge < -0.3 is 10.8 Å². The number of phenolic OH excluding ortho intramolecular Hbond substituents is 1. The number of rotatable bonds is 2. The molecule has 0 aromatic heterocycles. The number of aromatic hydroxyl groups is 1. The van der Waals surface area contributed by atoms with Crippen molar-refractivity contribution in [3.05, 3.63) is 26.6 Å². The number of benzene rings is 1. The Morgan fingerprint density at radius 2 is 1.75 bits per heavy atom. The molecule has 12 heavy (non-hydrogen) atoms. The lowest BCUT2D eigenvalue weighted by atomic mass is 10.1. The van der Waals surface area contributed by atoms with Crippen LogP contribution >= 0.6 is 31.9 Å². The molecule has 1 aromatic carbocycles. The van der Waals surface area contributed by atoms with Crippen molar-refractivity contribution in [1.29, 1.82) is 0 Å². The quantitative estimate of drug-likeness (QED) is 0.880. The SMILES string of the molecule is NCCc1cc(Br)c(O)c(Br)c1. The maximum Gasteiger partial charge on any atom is 0.143 e. The zero-order valence-electron chi connectivity index (χ0n) is 6.35. The Labute approximate surface area is 88.0 Å². The van der Waals surface area contributed by atoms with Gasteiger partial charge in [0.25, 0.3) is 0 Å². The molecule has 0 heterocycles. The molecule has 0 spiro atoms. The van der Waals surface area contributed by atoms with Gasteiger partial charge in [-0.15, -0.1) is 0 Å². The van der Waals surface area contributed by atoms with E-state index in [1.54, 1.807) is 0 Å². The van der Waals surface area contributed by atoms with Crippen molar-refractivity contribution in [3.8, 4) is 5.75 Å². The molecule has 1 aromatic rings. The summed E-state index contributed by atoms with van der Waals surface area (Å²) in [5.41, 5.74) is 6.51. The lowest BCUT2D eigenvalue weighted by Crippen LogP contribution is -2.02. The van der Waals surface area contributed by atoms with Crippen molar-refractivity contribution in [1.82, 2.24) is 0 Å². The second-order valence-electron chi connectivity index (χ2n) is 2.45. The molecule has 0 aliphatic heterocycles. The van der Waals surface area contributed by atoms with E-state index < -0.39 is 0 Å². The van der Waals surface area contributed by atoms with Crippen LogP contribution in [-0.2, 0) is 6.42 Å². The molecule has 66 valence electrons. The van der Waals surface area contributed by atoms with Gasteiger partial charge in [0.1, 0.15) is 5.75 Å². The van der Waals surface area contributed by atoms with E-state index in [1.807, 2.05) is 12.1 Å². The first-order chi connectivity index (χ1) is 5.65. The van der Waals surface area contributed by atoms with E-state index in [2.05, 4.69) is 31.9 Å². The second-order valence-corrected chi connectivity index (χ2v) is 4.16. The minimum atomic E-state index is 0.232. The van der Waals surface area contributed by atoms with Gasteiger partial charge in [-0.05, 0) is 62.5 Å². The topological polar surface area (TPSA) is 46.2 Å². The van der Waals surface area contributed by atoms with Crippen molar-refractivity contribution in [2.45, 2.75) is 6.42 Å². The third-order valence-electron chi connectivity index (χ3n) is 1.51. The molecular weight excluding hydrogens is 286 g/mol. The van der Waals surface area contributed by atoms with Gasteiger partial charge in [0.2, 0.25) is 0 Å². The van der Waals surface area contributed by atoms with Gasteiger partial charge in [-0.2, -0.15) is 0 Å². The summed E-state index contributed by atoms with van der Waals surface area (Å²) in [6.45, 7) is 0.615. The third kappa shape index (κ3) is 2.21. The summed E-state index contributed by atoms with van der Waals surface area (Å²) in [5, 5.41) is 9.37. The second kappa shape index (κ2) is 4.25. The average Bonchev–Trinajstić information content (AvgIpc) is 2.01. The normalized spacial score (nSPS) is 10.2. The Kier molecular flexibility index (Phi) is 3.55. The van der Waals surface area contributed by atoms with Crippen LogP contribution in [0.3, 0.4) is 0 Å². The van der Waals surface area contributed by atoms with Gasteiger partial charge in [0, 0.05) is 0 Å². The molecule has 0 saturated heterocycles. The van der Waals surface area contributed by atoms with Crippen LogP contribution in [0, 0.1) is 0 Å². The number of nitrogens with two attached hydrogens (primary N) is 1. The molecule has 3 N–H and O–H groups in total. The summed E-state index contributed by atoms with van der Waals surface area (Å²) in [6, 6.07) is 3.74. The maximum atomic E-state index is 9.37. The monoisotopic (exact) mass is 293 g/mol. The Morgan fingerprint density at radius 1 is 1.25 bits per heavy atom. The Bertz CT molecular complexity index is 265. The molecule has 0 aliphatic carbocycles. The fourth-order valence-electron chi connectivity index (χ4n) is 0.929. The van der Waals surface area contributed by atoms with Crippen molar-refractivity contribution >= 4 is 31.9 Å². The minimum absolute atomic E-state index is 0.232. The largest absolute Gasteiger partial charge is 0.506 e. The average molecular weight is 295 g/mol. The summed E-state index contributed by atoms with van der Waals surface area (Å²) in [7, 11) is 0. The lowest BCUT2D eigenvalue weighted by Gasteiger charge is -2.04. The number of phenols is 1. The predicted octanol–water partition coefficient (Wildman–Crippen LogP) is 2.42. The van der Waals surface area contributed by atoms with Crippen LogP contribution in [0.1, 0.15) is 5.56 Å². The van der Waals surface area contributed by atoms with Crippen LogP contribution in [0.2, 0.25) is 0 Å². The molecule has 0 radical (unpaired) electrons. The zero-order valence-corrected chi connectivity index (χ0v) is 9.52. The van der Waals surface area contributed by atoms with Crippen LogP contribution in [0.15, 0.2) is 21.1 Å².